The van der Waals surface area contributed by atoms with Crippen LogP contribution in [0.15, 0.2) is 48.5 Å². The Bertz CT molecular complexity index is 943. The maximum atomic E-state index is 13.1. The van der Waals surface area contributed by atoms with Gasteiger partial charge in [-0.15, -0.1) is 0 Å². The standard InChI is InChI=1S/C21H20N2O5/c1-2-21(15-6-4-3-5-7-15)19(25)23(20(26)22-21)13-16(24)14-8-9-17-18(12-14)28-11-10-27-17/h3-9,12H,2,10-11,13H2,1H3,(H,22,26)/t21-/m1/s1. The van der Waals surface area contributed by atoms with Crippen LogP contribution in [-0.4, -0.2) is 42.4 Å². The van der Waals surface area contributed by atoms with Gasteiger partial charge in [-0.2, -0.15) is 0 Å². The first kappa shape index (κ1) is 18.0. The molecule has 0 radical (unpaired) electrons. The van der Waals surface area contributed by atoms with Gasteiger partial charge in [0.25, 0.3) is 5.91 Å². The molecule has 4 rings (SSSR count). The van der Waals surface area contributed by atoms with Crippen molar-refractivity contribution in [1.82, 2.24) is 10.2 Å². The topological polar surface area (TPSA) is 84.9 Å². The second kappa shape index (κ2) is 6.99. The second-order valence-electron chi connectivity index (χ2n) is 6.73. The highest BCUT2D eigenvalue weighted by Gasteiger charge is 2.51. The number of hydrogen-bond donors (Lipinski definition) is 1. The minimum Gasteiger partial charge on any atom is -0.486 e. The summed E-state index contributed by atoms with van der Waals surface area (Å²) in [5.74, 6) is 0.297. The average molecular weight is 380 g/mol. The monoisotopic (exact) mass is 380 g/mol. The van der Waals surface area contributed by atoms with Gasteiger partial charge in [0.05, 0.1) is 6.54 Å². The molecule has 2 aromatic rings. The summed E-state index contributed by atoms with van der Waals surface area (Å²) in [7, 11) is 0. The van der Waals surface area contributed by atoms with Crippen LogP contribution in [0.3, 0.4) is 0 Å². The van der Waals surface area contributed by atoms with Gasteiger partial charge in [-0.25, -0.2) is 4.79 Å². The molecule has 0 aromatic heterocycles. The predicted octanol–water partition coefficient (Wildman–Crippen LogP) is 2.50. The highest BCUT2D eigenvalue weighted by Crippen LogP contribution is 2.33. The lowest BCUT2D eigenvalue weighted by molar-refractivity contribution is -0.131. The highest BCUT2D eigenvalue weighted by atomic mass is 16.6. The lowest BCUT2D eigenvalue weighted by Gasteiger charge is -2.25. The number of amides is 3. The van der Waals surface area contributed by atoms with E-state index in [1.807, 2.05) is 25.1 Å². The molecule has 2 aromatic carbocycles. The molecule has 1 fully saturated rings. The van der Waals surface area contributed by atoms with Crippen molar-refractivity contribution in [3.05, 3.63) is 59.7 Å². The Morgan fingerprint density at radius 1 is 1.07 bits per heavy atom. The van der Waals surface area contributed by atoms with Crippen LogP contribution in [0, 0.1) is 0 Å². The SMILES string of the molecule is CC[C@]1(c2ccccc2)NC(=O)N(CC(=O)c2ccc3c(c2)OCCO3)C1=O. The number of nitrogens with one attached hydrogen (secondary N) is 1. The van der Waals surface area contributed by atoms with Gasteiger partial charge in [0.1, 0.15) is 18.8 Å². The van der Waals surface area contributed by atoms with Crippen molar-refractivity contribution in [2.45, 2.75) is 18.9 Å². The van der Waals surface area contributed by atoms with Crippen molar-refractivity contribution in [2.24, 2.45) is 0 Å². The first-order chi connectivity index (χ1) is 13.5. The van der Waals surface area contributed by atoms with Crippen LogP contribution in [0.25, 0.3) is 0 Å². The molecule has 28 heavy (non-hydrogen) atoms. The number of rotatable bonds is 5. The van der Waals surface area contributed by atoms with Crippen LogP contribution < -0.4 is 14.8 Å². The molecule has 0 unspecified atom stereocenters. The Morgan fingerprint density at radius 2 is 1.79 bits per heavy atom. The fraction of sp³-hybridized carbons (Fsp3) is 0.286. The van der Waals surface area contributed by atoms with Crippen molar-refractivity contribution >= 4 is 17.7 Å². The molecule has 3 amide bonds. The second-order valence-corrected chi connectivity index (χ2v) is 6.73. The molecule has 2 aliphatic rings. The Balaban J connectivity index is 1.57. The van der Waals surface area contributed by atoms with Gasteiger partial charge >= 0.3 is 6.03 Å². The Labute approximate surface area is 162 Å². The molecule has 0 saturated carbocycles. The Hall–Kier alpha value is -3.35. The molecule has 0 spiro atoms. The number of imide groups is 1. The number of ketones is 1. The normalized spacial score (nSPS) is 20.8. The molecule has 0 bridgehead atoms. The summed E-state index contributed by atoms with van der Waals surface area (Å²) in [6.07, 6.45) is 0.385. The highest BCUT2D eigenvalue weighted by molar-refractivity contribution is 6.11. The molecule has 1 atom stereocenters. The number of carbonyl (C=O) groups is 3. The van der Waals surface area contributed by atoms with E-state index >= 15 is 0 Å². The van der Waals surface area contributed by atoms with Crippen LogP contribution in [0.1, 0.15) is 29.3 Å². The van der Waals surface area contributed by atoms with Crippen molar-refractivity contribution < 1.29 is 23.9 Å². The third-order valence-electron chi connectivity index (χ3n) is 5.14. The number of ether oxygens (including phenoxy) is 2. The quantitative estimate of drug-likeness (QED) is 0.636. The first-order valence-electron chi connectivity index (χ1n) is 9.17. The number of urea groups is 1. The summed E-state index contributed by atoms with van der Waals surface area (Å²) >= 11 is 0. The van der Waals surface area contributed by atoms with Crippen molar-refractivity contribution in [3.8, 4) is 11.5 Å². The summed E-state index contributed by atoms with van der Waals surface area (Å²) < 4.78 is 10.9. The van der Waals surface area contributed by atoms with E-state index in [0.29, 0.717) is 42.3 Å². The van der Waals surface area contributed by atoms with E-state index in [0.717, 1.165) is 4.90 Å². The van der Waals surface area contributed by atoms with Crippen LogP contribution in [-0.2, 0) is 10.3 Å². The zero-order valence-corrected chi connectivity index (χ0v) is 15.4. The van der Waals surface area contributed by atoms with E-state index in [1.54, 1.807) is 30.3 Å². The van der Waals surface area contributed by atoms with Crippen molar-refractivity contribution in [1.29, 1.82) is 0 Å². The van der Waals surface area contributed by atoms with Gasteiger partial charge in [-0.05, 0) is 30.2 Å². The number of nitrogens with zero attached hydrogens (tertiary/aromatic N) is 1. The van der Waals surface area contributed by atoms with Crippen molar-refractivity contribution in [2.75, 3.05) is 19.8 Å². The number of Topliss-reactive ketones (excluding diaryl/α,β-unsaturated/α-hetero) is 1. The molecule has 1 saturated heterocycles. The van der Waals surface area contributed by atoms with E-state index in [-0.39, 0.29) is 12.3 Å². The predicted molar refractivity (Wildman–Crippen MR) is 100 cm³/mol. The van der Waals surface area contributed by atoms with Crippen LogP contribution in [0.2, 0.25) is 0 Å². The lowest BCUT2D eigenvalue weighted by atomic mass is 9.87. The van der Waals surface area contributed by atoms with Gasteiger partial charge in [0, 0.05) is 5.56 Å². The molecule has 7 nitrogen and oxygen atoms in total. The minimum atomic E-state index is -1.15. The summed E-state index contributed by atoms with van der Waals surface area (Å²) in [4.78, 5) is 39.4. The van der Waals surface area contributed by atoms with Gasteiger partial charge < -0.3 is 14.8 Å². The minimum absolute atomic E-state index is 0.334. The molecule has 0 aliphatic carbocycles. The maximum Gasteiger partial charge on any atom is 0.325 e. The number of fused-ring (bicyclic) bond motifs is 1. The third-order valence-corrected chi connectivity index (χ3v) is 5.14. The van der Waals surface area contributed by atoms with E-state index in [1.165, 1.54) is 0 Å². The molecular weight excluding hydrogens is 360 g/mol. The smallest absolute Gasteiger partial charge is 0.325 e. The fourth-order valence-electron chi connectivity index (χ4n) is 3.58. The average Bonchev–Trinajstić information content (AvgIpc) is 2.99. The van der Waals surface area contributed by atoms with Crippen molar-refractivity contribution in [3.63, 3.8) is 0 Å². The largest absolute Gasteiger partial charge is 0.486 e. The van der Waals surface area contributed by atoms with E-state index in [9.17, 15) is 14.4 Å². The number of carbonyl (C=O) groups excluding carboxylic acids is 3. The van der Waals surface area contributed by atoms with Gasteiger partial charge in [-0.3, -0.25) is 14.5 Å². The Morgan fingerprint density at radius 3 is 2.50 bits per heavy atom. The third kappa shape index (κ3) is 2.89. The molecule has 2 aliphatic heterocycles. The van der Waals surface area contributed by atoms with E-state index in [2.05, 4.69) is 5.32 Å². The fourth-order valence-corrected chi connectivity index (χ4v) is 3.58. The van der Waals surface area contributed by atoms with Crippen LogP contribution in [0.4, 0.5) is 4.79 Å². The summed E-state index contributed by atoms with van der Waals surface area (Å²) in [6, 6.07) is 13.4. The van der Waals surface area contributed by atoms with E-state index < -0.39 is 17.5 Å². The summed E-state index contributed by atoms with van der Waals surface area (Å²) in [5, 5.41) is 2.78. The van der Waals surface area contributed by atoms with Gasteiger partial charge in [-0.1, -0.05) is 37.3 Å². The van der Waals surface area contributed by atoms with Gasteiger partial charge in [0.15, 0.2) is 17.3 Å². The van der Waals surface area contributed by atoms with Crippen LogP contribution >= 0.6 is 0 Å². The van der Waals surface area contributed by atoms with Crippen LogP contribution in [0.5, 0.6) is 11.5 Å². The number of benzene rings is 2. The first-order valence-corrected chi connectivity index (χ1v) is 9.17. The Kier molecular flexibility index (Phi) is 4.50. The maximum absolute atomic E-state index is 13.1. The zero-order valence-electron chi connectivity index (χ0n) is 15.4. The number of hydrogen-bond acceptors (Lipinski definition) is 5. The molecule has 144 valence electrons. The molecule has 1 N–H and O–H groups in total. The lowest BCUT2D eigenvalue weighted by Crippen LogP contribution is -2.43. The van der Waals surface area contributed by atoms with E-state index in [4.69, 9.17) is 9.47 Å². The molecule has 2 heterocycles. The summed E-state index contributed by atoms with van der Waals surface area (Å²) in [5.41, 5.74) is -0.0884. The molecule has 7 heteroatoms. The zero-order chi connectivity index (χ0) is 19.7. The van der Waals surface area contributed by atoms with Gasteiger partial charge in [0.2, 0.25) is 0 Å². The summed E-state index contributed by atoms with van der Waals surface area (Å²) in [6.45, 7) is 2.37. The molecular formula is C21H20N2O5.